The van der Waals surface area contributed by atoms with E-state index >= 15 is 0 Å². The van der Waals surface area contributed by atoms with Gasteiger partial charge in [0.2, 0.25) is 0 Å². The van der Waals surface area contributed by atoms with Crippen molar-refractivity contribution in [2.75, 3.05) is 26.4 Å². The monoisotopic (exact) mass is 273 g/mol. The van der Waals surface area contributed by atoms with Crippen LogP contribution < -0.4 is 5.32 Å². The Hall–Kier alpha value is -1.08. The maximum absolute atomic E-state index is 11.3. The average Bonchev–Trinajstić information content (AvgIpc) is 2.82. The fraction of sp³-hybridized carbons (Fsp3) is 0.500. The third-order valence-corrected chi connectivity index (χ3v) is 5.39. The molecule has 7 heteroatoms. The van der Waals surface area contributed by atoms with Crippen molar-refractivity contribution in [2.45, 2.75) is 10.8 Å². The summed E-state index contributed by atoms with van der Waals surface area (Å²) < 4.78 is 23.0. The molecule has 2 heterocycles. The molecule has 1 aromatic rings. The highest BCUT2D eigenvalue weighted by atomic mass is 32.2. The predicted octanol–water partition coefficient (Wildman–Crippen LogP) is 0.543. The molecule has 5 nitrogen and oxygen atoms in total. The van der Waals surface area contributed by atoms with Crippen LogP contribution >= 0.6 is 11.3 Å². The minimum Gasteiger partial charge on any atom is -0.351 e. The summed E-state index contributed by atoms with van der Waals surface area (Å²) in [5.74, 6) is 0.874. The molecule has 0 aromatic carbocycles. The zero-order valence-corrected chi connectivity index (χ0v) is 11.4. The molecule has 0 spiro atoms. The number of nitrogens with one attached hydrogen (secondary N) is 1. The minimum atomic E-state index is -3.08. The number of thiophene rings is 1. The zero-order valence-electron chi connectivity index (χ0n) is 9.80. The van der Waals surface area contributed by atoms with Crippen LogP contribution in [0.2, 0.25) is 0 Å². The Morgan fingerprint density at radius 3 is 2.82 bits per heavy atom. The Morgan fingerprint density at radius 1 is 1.53 bits per heavy atom. The van der Waals surface area contributed by atoms with E-state index in [2.05, 4.69) is 10.3 Å². The van der Waals surface area contributed by atoms with Gasteiger partial charge in [-0.2, -0.15) is 0 Å². The molecule has 0 amide bonds. The van der Waals surface area contributed by atoms with E-state index in [0.717, 1.165) is 23.9 Å². The summed E-state index contributed by atoms with van der Waals surface area (Å²) >= 11 is 1.30. The van der Waals surface area contributed by atoms with Gasteiger partial charge in [0.1, 0.15) is 4.21 Å². The number of rotatable bonds is 3. The number of sulfone groups is 1. The van der Waals surface area contributed by atoms with Gasteiger partial charge in [-0.3, -0.25) is 4.99 Å². The maximum atomic E-state index is 11.3. The molecule has 0 unspecified atom stereocenters. The lowest BCUT2D eigenvalue weighted by molar-refractivity contribution is 0.534. The lowest BCUT2D eigenvalue weighted by atomic mass is 10.5. The van der Waals surface area contributed by atoms with E-state index in [4.69, 9.17) is 0 Å². The third kappa shape index (κ3) is 2.98. The summed E-state index contributed by atoms with van der Waals surface area (Å²) in [4.78, 5) is 7.35. The van der Waals surface area contributed by atoms with Gasteiger partial charge in [-0.25, -0.2) is 8.42 Å². The van der Waals surface area contributed by atoms with Crippen LogP contribution in [0.3, 0.4) is 0 Å². The molecule has 0 fully saturated rings. The molecular weight excluding hydrogens is 258 g/mol. The van der Waals surface area contributed by atoms with Gasteiger partial charge in [0.05, 0.1) is 13.1 Å². The van der Waals surface area contributed by atoms with E-state index in [9.17, 15) is 8.42 Å². The summed E-state index contributed by atoms with van der Waals surface area (Å²) in [5.41, 5.74) is 0. The molecule has 94 valence electrons. The smallest absolute Gasteiger partial charge is 0.194 e. The van der Waals surface area contributed by atoms with Crippen LogP contribution in [0.1, 0.15) is 4.88 Å². The van der Waals surface area contributed by atoms with Gasteiger partial charge in [0, 0.05) is 24.7 Å². The van der Waals surface area contributed by atoms with Crippen molar-refractivity contribution in [1.29, 1.82) is 0 Å². The standard InChI is InChI=1S/C10H15N3O2S2/c1-13-6-5-11-10(13)12-7-8-3-4-9(16-8)17(2,14)15/h3-4H,5-7H2,1-2H3,(H,11,12). The number of guanidine groups is 1. The van der Waals surface area contributed by atoms with Gasteiger partial charge < -0.3 is 10.2 Å². The molecule has 2 rings (SSSR count). The number of likely N-dealkylation sites (N-methyl/N-ethyl adjacent to an activating group) is 1. The fourth-order valence-corrected chi connectivity index (χ4v) is 3.46. The van der Waals surface area contributed by atoms with Gasteiger partial charge in [-0.05, 0) is 12.1 Å². The second kappa shape index (κ2) is 4.66. The van der Waals surface area contributed by atoms with Crippen LogP contribution in [0.25, 0.3) is 0 Å². The highest BCUT2D eigenvalue weighted by molar-refractivity contribution is 7.92. The summed E-state index contributed by atoms with van der Waals surface area (Å²) in [7, 11) is -1.10. The summed E-state index contributed by atoms with van der Waals surface area (Å²) in [6.45, 7) is 2.36. The largest absolute Gasteiger partial charge is 0.351 e. The molecule has 1 aliphatic heterocycles. The van der Waals surface area contributed by atoms with Crippen LogP contribution in [-0.2, 0) is 16.4 Å². The van der Waals surface area contributed by atoms with Gasteiger partial charge in [0.25, 0.3) is 0 Å². The first-order valence-corrected chi connectivity index (χ1v) is 7.96. The Labute approximate surface area is 105 Å². The van der Waals surface area contributed by atoms with Gasteiger partial charge >= 0.3 is 0 Å². The van der Waals surface area contributed by atoms with Gasteiger partial charge in [-0.1, -0.05) is 0 Å². The van der Waals surface area contributed by atoms with Crippen molar-refractivity contribution in [3.8, 4) is 0 Å². The molecular formula is C10H15N3O2S2. The lowest BCUT2D eigenvalue weighted by Crippen LogP contribution is -2.34. The highest BCUT2D eigenvalue weighted by Gasteiger charge is 2.13. The minimum absolute atomic E-state index is 0.413. The van der Waals surface area contributed by atoms with E-state index in [1.54, 1.807) is 6.07 Å². The average molecular weight is 273 g/mol. The quantitative estimate of drug-likeness (QED) is 0.873. The second-order valence-electron chi connectivity index (χ2n) is 3.97. The summed E-state index contributed by atoms with van der Waals surface area (Å²) in [6.07, 6.45) is 1.23. The van der Waals surface area contributed by atoms with Crippen molar-refractivity contribution in [1.82, 2.24) is 10.2 Å². The molecule has 17 heavy (non-hydrogen) atoms. The van der Waals surface area contributed by atoms with Crippen molar-refractivity contribution in [2.24, 2.45) is 4.99 Å². The van der Waals surface area contributed by atoms with Crippen molar-refractivity contribution in [3.63, 3.8) is 0 Å². The predicted molar refractivity (Wildman–Crippen MR) is 69.2 cm³/mol. The molecule has 0 saturated carbocycles. The SMILES string of the molecule is CN1CCN=C1NCc1ccc(S(C)(=O)=O)s1. The number of nitrogens with zero attached hydrogens (tertiary/aromatic N) is 2. The Balaban J connectivity index is 1.98. The van der Waals surface area contributed by atoms with E-state index < -0.39 is 9.84 Å². The molecule has 0 radical (unpaired) electrons. The molecule has 1 aliphatic rings. The van der Waals surface area contributed by atoms with Crippen LogP contribution in [0.5, 0.6) is 0 Å². The Bertz CT molecular complexity index is 534. The number of hydrogen-bond acceptors (Lipinski definition) is 6. The van der Waals surface area contributed by atoms with Gasteiger partial charge in [0.15, 0.2) is 15.8 Å². The normalized spacial score (nSPS) is 16.1. The van der Waals surface area contributed by atoms with Crippen molar-refractivity contribution in [3.05, 3.63) is 17.0 Å². The number of hydrogen-bond donors (Lipinski definition) is 1. The third-order valence-electron chi connectivity index (χ3n) is 2.48. The lowest BCUT2D eigenvalue weighted by Gasteiger charge is -2.14. The summed E-state index contributed by atoms with van der Waals surface area (Å²) in [6, 6.07) is 3.49. The van der Waals surface area contributed by atoms with E-state index in [-0.39, 0.29) is 0 Å². The molecule has 0 aliphatic carbocycles. The molecule has 0 saturated heterocycles. The fourth-order valence-electron chi connectivity index (χ4n) is 1.54. The molecule has 0 bridgehead atoms. The van der Waals surface area contributed by atoms with Crippen molar-refractivity contribution < 1.29 is 8.42 Å². The number of aliphatic imine (C=N–C) groups is 1. The Kier molecular flexibility index (Phi) is 3.39. The van der Waals surface area contributed by atoms with Crippen LogP contribution in [0.4, 0.5) is 0 Å². The topological polar surface area (TPSA) is 61.8 Å². The first kappa shape index (κ1) is 12.4. The van der Waals surface area contributed by atoms with E-state index in [0.29, 0.717) is 10.8 Å². The maximum Gasteiger partial charge on any atom is 0.194 e. The zero-order chi connectivity index (χ0) is 12.5. The Morgan fingerprint density at radius 2 is 2.29 bits per heavy atom. The van der Waals surface area contributed by atoms with Gasteiger partial charge in [-0.15, -0.1) is 11.3 Å². The van der Waals surface area contributed by atoms with E-state index in [1.807, 2.05) is 18.0 Å². The molecule has 0 atom stereocenters. The van der Waals surface area contributed by atoms with Crippen LogP contribution in [0, 0.1) is 0 Å². The highest BCUT2D eigenvalue weighted by Crippen LogP contribution is 2.21. The molecule has 1 aromatic heterocycles. The second-order valence-corrected chi connectivity index (χ2v) is 7.38. The van der Waals surface area contributed by atoms with Crippen LogP contribution in [-0.4, -0.2) is 45.7 Å². The summed E-state index contributed by atoms with van der Waals surface area (Å²) in [5, 5.41) is 3.20. The van der Waals surface area contributed by atoms with Crippen molar-refractivity contribution >= 4 is 27.1 Å². The first-order valence-electron chi connectivity index (χ1n) is 5.25. The van der Waals surface area contributed by atoms with Crippen LogP contribution in [0.15, 0.2) is 21.3 Å². The van der Waals surface area contributed by atoms with E-state index in [1.165, 1.54) is 17.6 Å². The first-order chi connectivity index (χ1) is 7.97. The molecule has 1 N–H and O–H groups in total.